The normalized spacial score (nSPS) is 11.2. The van der Waals surface area contributed by atoms with Gasteiger partial charge in [-0.2, -0.15) is 0 Å². The van der Waals surface area contributed by atoms with E-state index in [0.717, 1.165) is 19.1 Å². The summed E-state index contributed by atoms with van der Waals surface area (Å²) in [5, 5.41) is 1.94. The lowest BCUT2D eigenvalue weighted by Crippen LogP contribution is -2.37. The molecule has 1 aromatic carbocycles. The second-order valence-electron chi connectivity index (χ2n) is 3.33. The number of benzene rings is 1. The van der Waals surface area contributed by atoms with Crippen molar-refractivity contribution in [3.05, 3.63) is 17.2 Å². The molecule has 0 saturated carbocycles. The van der Waals surface area contributed by atoms with Crippen molar-refractivity contribution in [3.8, 4) is 5.75 Å². The van der Waals surface area contributed by atoms with Crippen molar-refractivity contribution in [2.24, 2.45) is 0 Å². The summed E-state index contributed by atoms with van der Waals surface area (Å²) in [6, 6.07) is 1.79. The Morgan fingerprint density at radius 2 is 2.00 bits per heavy atom. The Hall–Kier alpha value is -1.37. The number of anilines is 1. The van der Waals surface area contributed by atoms with E-state index in [0.29, 0.717) is 0 Å². The minimum absolute atomic E-state index is 0.0687. The number of rotatable bonds is 3. The maximum absolute atomic E-state index is 12.7. The number of carbonyl (C=O) groups excluding carboxylic acids is 1. The van der Waals surface area contributed by atoms with Crippen LogP contribution in [0, 0.1) is 0 Å². The molecule has 1 N–H and O–H groups in total. The zero-order valence-corrected chi connectivity index (χ0v) is 9.82. The van der Waals surface area contributed by atoms with Gasteiger partial charge >= 0.3 is 6.98 Å². The van der Waals surface area contributed by atoms with Gasteiger partial charge in [-0.15, -0.1) is 0 Å². The van der Waals surface area contributed by atoms with E-state index < -0.39 is 18.3 Å². The van der Waals surface area contributed by atoms with E-state index in [9.17, 15) is 17.7 Å². The van der Waals surface area contributed by atoms with Crippen LogP contribution in [0.1, 0.15) is 6.92 Å². The molecule has 0 heterocycles. The second-order valence-corrected chi connectivity index (χ2v) is 3.74. The Balaban J connectivity index is 3.36. The highest BCUT2D eigenvalue weighted by Gasteiger charge is 2.30. The average Bonchev–Trinajstić information content (AvgIpc) is 2.17. The zero-order valence-electron chi connectivity index (χ0n) is 9.06. The molecular formula is C9H9BClF3NO2-. The first-order valence-corrected chi connectivity index (χ1v) is 4.98. The summed E-state index contributed by atoms with van der Waals surface area (Å²) in [5.41, 5.74) is -1.31. The molecule has 0 aliphatic carbocycles. The van der Waals surface area contributed by atoms with Crippen molar-refractivity contribution in [1.29, 1.82) is 0 Å². The number of ether oxygens (including phenoxy) is 1. The first kappa shape index (κ1) is 13.7. The molecule has 3 nitrogen and oxygen atoms in total. The van der Waals surface area contributed by atoms with Crippen LogP contribution in [0.4, 0.5) is 18.6 Å². The van der Waals surface area contributed by atoms with Gasteiger partial charge < -0.3 is 23.0 Å². The third-order valence-corrected chi connectivity index (χ3v) is 2.28. The fourth-order valence-electron chi connectivity index (χ4n) is 1.29. The smallest absolute Gasteiger partial charge is 0.495 e. The zero-order chi connectivity index (χ0) is 13.2. The van der Waals surface area contributed by atoms with Gasteiger partial charge in [0.1, 0.15) is 5.75 Å². The van der Waals surface area contributed by atoms with Crippen LogP contribution in [0.3, 0.4) is 0 Å². The molecule has 94 valence electrons. The summed E-state index contributed by atoms with van der Waals surface area (Å²) in [6.07, 6.45) is 0. The van der Waals surface area contributed by atoms with Gasteiger partial charge in [-0.1, -0.05) is 23.1 Å². The van der Waals surface area contributed by atoms with E-state index in [4.69, 9.17) is 16.3 Å². The van der Waals surface area contributed by atoms with Crippen LogP contribution in [0.2, 0.25) is 5.02 Å². The minimum Gasteiger partial charge on any atom is -0.495 e. The van der Waals surface area contributed by atoms with Crippen molar-refractivity contribution >= 4 is 35.6 Å². The summed E-state index contributed by atoms with van der Waals surface area (Å²) in [4.78, 5) is 10.8. The Labute approximate surface area is 101 Å². The molecule has 0 atom stereocenters. The molecule has 0 radical (unpaired) electrons. The summed E-state index contributed by atoms with van der Waals surface area (Å²) in [5.74, 6) is -0.533. The van der Waals surface area contributed by atoms with Gasteiger partial charge in [0.25, 0.3) is 0 Å². The van der Waals surface area contributed by atoms with Crippen molar-refractivity contribution < 1.29 is 22.5 Å². The highest BCUT2D eigenvalue weighted by atomic mass is 35.5. The van der Waals surface area contributed by atoms with Gasteiger partial charge in [0, 0.05) is 18.7 Å². The van der Waals surface area contributed by atoms with Crippen LogP contribution in [-0.4, -0.2) is 20.0 Å². The molecule has 0 aliphatic rings. The second kappa shape index (κ2) is 4.87. The first-order valence-electron chi connectivity index (χ1n) is 4.60. The lowest BCUT2D eigenvalue weighted by atomic mass is 9.78. The number of hydrogen-bond donors (Lipinski definition) is 1. The van der Waals surface area contributed by atoms with Crippen molar-refractivity contribution in [2.45, 2.75) is 6.92 Å². The van der Waals surface area contributed by atoms with Gasteiger partial charge in [-0.05, 0) is 0 Å². The lowest BCUT2D eigenvalue weighted by molar-refractivity contribution is -0.114. The maximum Gasteiger partial charge on any atom is 0.511 e. The van der Waals surface area contributed by atoms with E-state index >= 15 is 0 Å². The van der Waals surface area contributed by atoms with Crippen molar-refractivity contribution in [3.63, 3.8) is 0 Å². The highest BCUT2D eigenvalue weighted by Crippen LogP contribution is 2.29. The quantitative estimate of drug-likeness (QED) is 0.853. The number of carbonyl (C=O) groups is 1. The molecule has 0 aromatic heterocycles. The Bertz CT molecular complexity index is 451. The van der Waals surface area contributed by atoms with Gasteiger partial charge in [-0.25, -0.2) is 0 Å². The molecular weight excluding hydrogens is 257 g/mol. The Morgan fingerprint density at radius 3 is 2.41 bits per heavy atom. The third-order valence-electron chi connectivity index (χ3n) is 1.99. The van der Waals surface area contributed by atoms with E-state index in [2.05, 4.69) is 5.32 Å². The number of hydrogen-bond acceptors (Lipinski definition) is 2. The molecule has 0 saturated heterocycles. The number of halogens is 4. The molecule has 8 heteroatoms. The number of methoxy groups -OCH3 is 1. The molecule has 0 bridgehead atoms. The van der Waals surface area contributed by atoms with Gasteiger partial charge in [0.2, 0.25) is 5.91 Å². The van der Waals surface area contributed by atoms with E-state index in [1.165, 1.54) is 7.11 Å². The van der Waals surface area contributed by atoms with Crippen LogP contribution >= 0.6 is 11.6 Å². The Morgan fingerprint density at radius 1 is 1.41 bits per heavy atom. The largest absolute Gasteiger partial charge is 0.511 e. The van der Waals surface area contributed by atoms with Gasteiger partial charge in [0.05, 0.1) is 12.1 Å². The molecule has 17 heavy (non-hydrogen) atoms. The first-order chi connectivity index (χ1) is 7.75. The van der Waals surface area contributed by atoms with E-state index in [1.807, 2.05) is 0 Å². The predicted molar refractivity (Wildman–Crippen MR) is 61.0 cm³/mol. The lowest BCUT2D eigenvalue weighted by Gasteiger charge is -2.21. The Kier molecular flexibility index (Phi) is 3.92. The van der Waals surface area contributed by atoms with Crippen LogP contribution in [0.5, 0.6) is 5.75 Å². The van der Waals surface area contributed by atoms with Gasteiger partial charge in [-0.3, -0.25) is 4.79 Å². The summed E-state index contributed by atoms with van der Waals surface area (Å²) < 4.78 is 43.0. The minimum atomic E-state index is -5.26. The molecule has 0 unspecified atom stereocenters. The monoisotopic (exact) mass is 266 g/mol. The third kappa shape index (κ3) is 3.29. The van der Waals surface area contributed by atoms with E-state index in [-0.39, 0.29) is 16.5 Å². The fraction of sp³-hybridized carbons (Fsp3) is 0.222. The topological polar surface area (TPSA) is 38.3 Å². The van der Waals surface area contributed by atoms with Crippen molar-refractivity contribution in [2.75, 3.05) is 12.4 Å². The number of nitrogens with one attached hydrogen (secondary N) is 1. The maximum atomic E-state index is 12.7. The standard InChI is InChI=1S/C9H9BClF3NO2/c1-5(16)15-8-4-9(17-2)7(11)3-6(8)10(12,13)14/h3-4H,1-2H3,(H,15,16)/q-1. The SMILES string of the molecule is COc1cc(NC(C)=O)c([B-](F)(F)F)cc1Cl. The van der Waals surface area contributed by atoms with E-state index in [1.54, 1.807) is 0 Å². The van der Waals surface area contributed by atoms with Crippen LogP contribution in [-0.2, 0) is 4.79 Å². The van der Waals surface area contributed by atoms with Crippen molar-refractivity contribution in [1.82, 2.24) is 0 Å². The molecule has 1 aromatic rings. The molecule has 1 rings (SSSR count). The van der Waals surface area contributed by atoms with Gasteiger partial charge in [0.15, 0.2) is 0 Å². The molecule has 0 aliphatic heterocycles. The van der Waals surface area contributed by atoms with Crippen LogP contribution in [0.15, 0.2) is 12.1 Å². The summed E-state index contributed by atoms with van der Waals surface area (Å²) >= 11 is 5.62. The molecule has 0 fully saturated rings. The summed E-state index contributed by atoms with van der Waals surface area (Å²) in [6.45, 7) is -4.14. The fourth-order valence-corrected chi connectivity index (χ4v) is 1.54. The number of amides is 1. The predicted octanol–water partition coefficient (Wildman–Crippen LogP) is 2.36. The average molecular weight is 266 g/mol. The van der Waals surface area contributed by atoms with Crippen LogP contribution in [0.25, 0.3) is 0 Å². The molecule has 0 spiro atoms. The molecule has 1 amide bonds. The highest BCUT2D eigenvalue weighted by molar-refractivity contribution is 6.75. The summed E-state index contributed by atoms with van der Waals surface area (Å²) in [7, 11) is 1.27. The van der Waals surface area contributed by atoms with Crippen LogP contribution < -0.4 is 15.5 Å².